The van der Waals surface area contributed by atoms with Crippen molar-refractivity contribution in [3.8, 4) is 0 Å². The molecular weight excluding hydrogens is 272 g/mol. The fourth-order valence-corrected chi connectivity index (χ4v) is 2.71. The highest BCUT2D eigenvalue weighted by Crippen LogP contribution is 2.32. The molecule has 20 heavy (non-hydrogen) atoms. The monoisotopic (exact) mass is 286 g/mol. The summed E-state index contributed by atoms with van der Waals surface area (Å²) in [4.78, 5) is 4.24. The zero-order chi connectivity index (χ0) is 13.9. The fraction of sp³-hybridized carbons (Fsp3) is 0.188. The van der Waals surface area contributed by atoms with E-state index >= 15 is 0 Å². The van der Waals surface area contributed by atoms with Gasteiger partial charge in [0.1, 0.15) is 0 Å². The Morgan fingerprint density at radius 2 is 2.15 bits per heavy atom. The molecular formula is C16H15ClN2O. The summed E-state index contributed by atoms with van der Waals surface area (Å²) in [6.07, 6.45) is 5.31. The lowest BCUT2D eigenvalue weighted by molar-refractivity contribution is 0.555. The summed E-state index contributed by atoms with van der Waals surface area (Å²) in [5, 5.41) is 6.18. The molecule has 2 heterocycles. The van der Waals surface area contributed by atoms with Gasteiger partial charge in [-0.2, -0.15) is 0 Å². The normalized spacial score (nSPS) is 12.7. The van der Waals surface area contributed by atoms with Gasteiger partial charge in [0, 0.05) is 23.3 Å². The van der Waals surface area contributed by atoms with Gasteiger partial charge in [-0.15, -0.1) is 0 Å². The molecule has 1 N–H and O–H groups in total. The second-order valence-electron chi connectivity index (χ2n) is 4.58. The molecule has 0 saturated heterocycles. The second kappa shape index (κ2) is 5.65. The molecule has 3 nitrogen and oxygen atoms in total. The molecule has 1 aromatic carbocycles. The SMILES string of the molecule is CCNC(c1ccoc1Cl)c1cccc2ccncc12. The molecule has 102 valence electrons. The van der Waals surface area contributed by atoms with Crippen LogP contribution >= 0.6 is 11.6 Å². The van der Waals surface area contributed by atoms with Crippen LogP contribution in [0.15, 0.2) is 53.4 Å². The second-order valence-corrected chi connectivity index (χ2v) is 4.93. The van der Waals surface area contributed by atoms with Crippen LogP contribution in [0, 0.1) is 0 Å². The van der Waals surface area contributed by atoms with Crippen LogP contribution in [0.3, 0.4) is 0 Å². The number of fused-ring (bicyclic) bond motifs is 1. The predicted molar refractivity (Wildman–Crippen MR) is 81.0 cm³/mol. The Labute approximate surface area is 122 Å². The Hall–Kier alpha value is -1.84. The van der Waals surface area contributed by atoms with Gasteiger partial charge in [0.2, 0.25) is 0 Å². The van der Waals surface area contributed by atoms with Crippen molar-refractivity contribution in [2.45, 2.75) is 13.0 Å². The van der Waals surface area contributed by atoms with Gasteiger partial charge >= 0.3 is 0 Å². The Kier molecular flexibility index (Phi) is 3.72. The lowest BCUT2D eigenvalue weighted by atomic mass is 9.96. The summed E-state index contributed by atoms with van der Waals surface area (Å²) in [7, 11) is 0. The largest absolute Gasteiger partial charge is 0.453 e. The minimum atomic E-state index is -0.000787. The van der Waals surface area contributed by atoms with Gasteiger partial charge in [-0.1, -0.05) is 25.1 Å². The van der Waals surface area contributed by atoms with Gasteiger partial charge in [-0.3, -0.25) is 4.98 Å². The molecule has 0 aliphatic rings. The molecule has 0 aliphatic carbocycles. The van der Waals surface area contributed by atoms with Gasteiger partial charge in [-0.25, -0.2) is 0 Å². The Balaban J connectivity index is 2.17. The number of furan rings is 1. The molecule has 3 rings (SSSR count). The minimum absolute atomic E-state index is 0.000787. The number of hydrogen-bond donors (Lipinski definition) is 1. The average molecular weight is 287 g/mol. The Bertz CT molecular complexity index is 718. The maximum Gasteiger partial charge on any atom is 0.198 e. The lowest BCUT2D eigenvalue weighted by Crippen LogP contribution is -2.22. The number of rotatable bonds is 4. The van der Waals surface area contributed by atoms with E-state index in [4.69, 9.17) is 16.0 Å². The zero-order valence-electron chi connectivity index (χ0n) is 11.1. The van der Waals surface area contributed by atoms with Crippen LogP contribution in [0.5, 0.6) is 0 Å². The topological polar surface area (TPSA) is 38.1 Å². The quantitative estimate of drug-likeness (QED) is 0.782. The zero-order valence-corrected chi connectivity index (χ0v) is 11.9. The first-order chi connectivity index (χ1) is 9.81. The van der Waals surface area contributed by atoms with Crippen LogP contribution in [0.2, 0.25) is 5.22 Å². The summed E-state index contributed by atoms with van der Waals surface area (Å²) in [5.41, 5.74) is 2.10. The van der Waals surface area contributed by atoms with Crippen molar-refractivity contribution in [2.75, 3.05) is 6.54 Å². The van der Waals surface area contributed by atoms with Crippen LogP contribution in [-0.2, 0) is 0 Å². The lowest BCUT2D eigenvalue weighted by Gasteiger charge is -2.19. The van der Waals surface area contributed by atoms with Gasteiger partial charge < -0.3 is 9.73 Å². The first-order valence-corrected chi connectivity index (χ1v) is 6.98. The number of aromatic nitrogens is 1. The molecule has 0 aliphatic heterocycles. The molecule has 0 fully saturated rings. The molecule has 1 unspecified atom stereocenters. The smallest absolute Gasteiger partial charge is 0.198 e. The molecule has 0 radical (unpaired) electrons. The van der Waals surface area contributed by atoms with Crippen LogP contribution in [0.1, 0.15) is 24.1 Å². The van der Waals surface area contributed by atoms with E-state index in [1.165, 1.54) is 5.39 Å². The van der Waals surface area contributed by atoms with Crippen LogP contribution in [0.25, 0.3) is 10.8 Å². The third kappa shape index (κ3) is 2.30. The van der Waals surface area contributed by atoms with Crippen molar-refractivity contribution in [3.05, 3.63) is 65.3 Å². The van der Waals surface area contributed by atoms with Crippen molar-refractivity contribution in [3.63, 3.8) is 0 Å². The maximum atomic E-state index is 6.15. The summed E-state index contributed by atoms with van der Waals surface area (Å²) in [6.45, 7) is 2.91. The number of pyridine rings is 1. The van der Waals surface area contributed by atoms with Crippen molar-refractivity contribution in [1.82, 2.24) is 10.3 Å². The number of nitrogens with zero attached hydrogens (tertiary/aromatic N) is 1. The molecule has 0 bridgehead atoms. The van der Waals surface area contributed by atoms with E-state index in [1.54, 1.807) is 12.5 Å². The summed E-state index contributed by atoms with van der Waals surface area (Å²) in [6, 6.07) is 10.2. The highest BCUT2D eigenvalue weighted by Gasteiger charge is 2.20. The van der Waals surface area contributed by atoms with Crippen LogP contribution < -0.4 is 5.32 Å². The highest BCUT2D eigenvalue weighted by molar-refractivity contribution is 6.29. The third-order valence-electron chi connectivity index (χ3n) is 3.39. The van der Waals surface area contributed by atoms with E-state index in [-0.39, 0.29) is 6.04 Å². The first kappa shape index (κ1) is 13.2. The molecule has 3 aromatic rings. The van der Waals surface area contributed by atoms with Gasteiger partial charge in [0.05, 0.1) is 12.3 Å². The van der Waals surface area contributed by atoms with Crippen molar-refractivity contribution in [2.24, 2.45) is 0 Å². The maximum absolute atomic E-state index is 6.15. The van der Waals surface area contributed by atoms with E-state index in [2.05, 4.69) is 35.4 Å². The van der Waals surface area contributed by atoms with E-state index < -0.39 is 0 Å². The molecule has 4 heteroatoms. The minimum Gasteiger partial charge on any atom is -0.453 e. The van der Waals surface area contributed by atoms with E-state index in [0.717, 1.165) is 23.1 Å². The first-order valence-electron chi connectivity index (χ1n) is 6.60. The number of halogens is 1. The van der Waals surface area contributed by atoms with Crippen molar-refractivity contribution >= 4 is 22.4 Å². The molecule has 0 amide bonds. The van der Waals surface area contributed by atoms with Gasteiger partial charge in [0.15, 0.2) is 5.22 Å². The van der Waals surface area contributed by atoms with E-state index in [0.29, 0.717) is 5.22 Å². The Morgan fingerprint density at radius 3 is 2.90 bits per heavy atom. The van der Waals surface area contributed by atoms with E-state index in [9.17, 15) is 0 Å². The van der Waals surface area contributed by atoms with Gasteiger partial charge in [-0.05, 0) is 41.2 Å². The fourth-order valence-electron chi connectivity index (χ4n) is 2.49. The molecule has 0 spiro atoms. The molecule has 0 saturated carbocycles. The summed E-state index contributed by atoms with van der Waals surface area (Å²) in [5.74, 6) is 0. The Morgan fingerprint density at radius 1 is 1.25 bits per heavy atom. The number of benzene rings is 1. The van der Waals surface area contributed by atoms with Gasteiger partial charge in [0.25, 0.3) is 0 Å². The summed E-state index contributed by atoms with van der Waals surface area (Å²) < 4.78 is 5.24. The number of nitrogens with one attached hydrogen (secondary N) is 1. The molecule has 1 atom stereocenters. The molecule has 2 aromatic heterocycles. The third-order valence-corrected chi connectivity index (χ3v) is 3.70. The van der Waals surface area contributed by atoms with Crippen LogP contribution in [-0.4, -0.2) is 11.5 Å². The predicted octanol–water partition coefficient (Wildman–Crippen LogP) is 4.18. The van der Waals surface area contributed by atoms with Crippen molar-refractivity contribution < 1.29 is 4.42 Å². The number of hydrogen-bond acceptors (Lipinski definition) is 3. The van der Waals surface area contributed by atoms with Crippen molar-refractivity contribution in [1.29, 1.82) is 0 Å². The standard InChI is InChI=1S/C16H15ClN2O/c1-2-19-15(13-7-9-20-16(13)17)12-5-3-4-11-6-8-18-10-14(11)12/h3-10,15,19H,2H2,1H3. The average Bonchev–Trinajstić information content (AvgIpc) is 2.90. The highest BCUT2D eigenvalue weighted by atomic mass is 35.5. The van der Waals surface area contributed by atoms with E-state index in [1.807, 2.05) is 18.3 Å². The van der Waals surface area contributed by atoms with Crippen LogP contribution in [0.4, 0.5) is 0 Å². The summed E-state index contributed by atoms with van der Waals surface area (Å²) >= 11 is 6.15.